The van der Waals surface area contributed by atoms with E-state index < -0.39 is 16.0 Å². The molecular formula is C13H16N2O4S2. The summed E-state index contributed by atoms with van der Waals surface area (Å²) in [4.78, 5) is 15.6. The van der Waals surface area contributed by atoms with Crippen LogP contribution in [0.15, 0.2) is 29.4 Å². The molecule has 0 bridgehead atoms. The van der Waals surface area contributed by atoms with Crippen LogP contribution >= 0.6 is 11.3 Å². The van der Waals surface area contributed by atoms with Crippen molar-refractivity contribution in [1.29, 1.82) is 0 Å². The van der Waals surface area contributed by atoms with Crippen molar-refractivity contribution in [3.05, 3.63) is 35.0 Å². The maximum Gasteiger partial charge on any atom is 0.341 e. The molecule has 0 saturated carbocycles. The second-order valence-electron chi connectivity index (χ2n) is 4.18. The van der Waals surface area contributed by atoms with E-state index in [-0.39, 0.29) is 22.1 Å². The van der Waals surface area contributed by atoms with Gasteiger partial charge in [-0.25, -0.2) is 13.2 Å². The van der Waals surface area contributed by atoms with Crippen molar-refractivity contribution in [2.45, 2.75) is 25.2 Å². The number of aryl methyl sites for hydroxylation is 1. The van der Waals surface area contributed by atoms with Gasteiger partial charge in [-0.05, 0) is 25.5 Å². The molecule has 2 rings (SSSR count). The Morgan fingerprint density at radius 1 is 1.43 bits per heavy atom. The number of hydrogen-bond donors (Lipinski definition) is 2. The molecule has 0 aliphatic rings. The average molecular weight is 328 g/mol. The Hall–Kier alpha value is -1.80. The summed E-state index contributed by atoms with van der Waals surface area (Å²) in [7, 11) is -3.71. The predicted octanol–water partition coefficient (Wildman–Crippen LogP) is 2.62. The van der Waals surface area contributed by atoms with Crippen molar-refractivity contribution in [3.63, 3.8) is 0 Å². The van der Waals surface area contributed by atoms with Gasteiger partial charge in [0.25, 0.3) is 10.0 Å². The van der Waals surface area contributed by atoms with Crippen molar-refractivity contribution < 1.29 is 17.9 Å². The Balaban J connectivity index is 2.35. The molecule has 8 heteroatoms. The molecule has 0 unspecified atom stereocenters. The molecule has 0 aromatic carbocycles. The molecule has 0 amide bonds. The summed E-state index contributed by atoms with van der Waals surface area (Å²) < 4.78 is 31.8. The third-order valence-electron chi connectivity index (χ3n) is 2.73. The quantitative estimate of drug-likeness (QED) is 0.798. The summed E-state index contributed by atoms with van der Waals surface area (Å²) in [6.07, 6.45) is 3.61. The molecule has 2 heterocycles. The number of nitrogens with one attached hydrogen (secondary N) is 2. The molecule has 0 atom stereocenters. The molecule has 114 valence electrons. The van der Waals surface area contributed by atoms with Crippen molar-refractivity contribution in [2.75, 3.05) is 11.3 Å². The molecule has 21 heavy (non-hydrogen) atoms. The number of ether oxygens (including phenoxy) is 1. The Kier molecular flexibility index (Phi) is 4.69. The smallest absolute Gasteiger partial charge is 0.341 e. The van der Waals surface area contributed by atoms with E-state index in [1.165, 1.54) is 29.8 Å². The number of rotatable bonds is 6. The Bertz CT molecular complexity index is 717. The van der Waals surface area contributed by atoms with Gasteiger partial charge in [0.1, 0.15) is 9.90 Å². The zero-order valence-corrected chi connectivity index (χ0v) is 13.3. The van der Waals surface area contributed by atoms with Gasteiger partial charge in [-0.15, -0.1) is 11.3 Å². The lowest BCUT2D eigenvalue weighted by Gasteiger charge is -2.06. The van der Waals surface area contributed by atoms with Gasteiger partial charge in [-0.3, -0.25) is 4.72 Å². The molecule has 0 spiro atoms. The third kappa shape index (κ3) is 3.45. The monoisotopic (exact) mass is 328 g/mol. The van der Waals surface area contributed by atoms with E-state index >= 15 is 0 Å². The van der Waals surface area contributed by atoms with Gasteiger partial charge in [0.15, 0.2) is 0 Å². The van der Waals surface area contributed by atoms with Gasteiger partial charge in [-0.1, -0.05) is 6.92 Å². The molecule has 2 aromatic heterocycles. The third-order valence-corrected chi connectivity index (χ3v) is 5.41. The largest absolute Gasteiger partial charge is 0.462 e. The van der Waals surface area contributed by atoms with Gasteiger partial charge in [0, 0.05) is 17.3 Å². The fraction of sp³-hybridized carbons (Fsp3) is 0.308. The van der Waals surface area contributed by atoms with Crippen LogP contribution in [0.2, 0.25) is 0 Å². The molecule has 2 aromatic rings. The average Bonchev–Trinajstić information content (AvgIpc) is 3.07. The minimum absolute atomic E-state index is 0.115. The normalized spacial score (nSPS) is 11.3. The molecule has 0 fully saturated rings. The minimum atomic E-state index is -3.71. The summed E-state index contributed by atoms with van der Waals surface area (Å²) in [6, 6.07) is 3.11. The van der Waals surface area contributed by atoms with Crippen molar-refractivity contribution in [3.8, 4) is 0 Å². The minimum Gasteiger partial charge on any atom is -0.462 e. The Morgan fingerprint density at radius 2 is 2.19 bits per heavy atom. The highest BCUT2D eigenvalue weighted by atomic mass is 32.2. The van der Waals surface area contributed by atoms with Crippen LogP contribution in [0.1, 0.15) is 29.1 Å². The van der Waals surface area contributed by atoms with Gasteiger partial charge < -0.3 is 9.72 Å². The number of thiophene rings is 1. The van der Waals surface area contributed by atoms with Crippen LogP contribution in [-0.4, -0.2) is 26.0 Å². The molecule has 0 aliphatic carbocycles. The fourth-order valence-corrected chi connectivity index (χ4v) is 3.98. The van der Waals surface area contributed by atoms with Crippen LogP contribution in [0, 0.1) is 0 Å². The van der Waals surface area contributed by atoms with E-state index in [0.717, 1.165) is 4.88 Å². The number of esters is 1. The second kappa shape index (κ2) is 6.31. The van der Waals surface area contributed by atoms with Crippen molar-refractivity contribution in [1.82, 2.24) is 4.98 Å². The molecule has 0 saturated heterocycles. The van der Waals surface area contributed by atoms with E-state index in [9.17, 15) is 13.2 Å². The van der Waals surface area contributed by atoms with Crippen molar-refractivity contribution >= 4 is 32.3 Å². The van der Waals surface area contributed by atoms with Crippen LogP contribution in [0.25, 0.3) is 0 Å². The summed E-state index contributed by atoms with van der Waals surface area (Å²) >= 11 is 1.24. The number of carbonyl (C=O) groups is 1. The summed E-state index contributed by atoms with van der Waals surface area (Å²) in [5.74, 6) is -0.528. The molecular weight excluding hydrogens is 312 g/mol. The van der Waals surface area contributed by atoms with Crippen LogP contribution in [0.4, 0.5) is 5.00 Å². The Morgan fingerprint density at radius 3 is 2.76 bits per heavy atom. The summed E-state index contributed by atoms with van der Waals surface area (Å²) in [5, 5.41) is 0.284. The van der Waals surface area contributed by atoms with E-state index in [1.807, 2.05) is 6.92 Å². The van der Waals surface area contributed by atoms with E-state index in [1.54, 1.807) is 13.0 Å². The predicted molar refractivity (Wildman–Crippen MR) is 81.3 cm³/mol. The zero-order chi connectivity index (χ0) is 15.5. The van der Waals surface area contributed by atoms with Gasteiger partial charge >= 0.3 is 5.97 Å². The van der Waals surface area contributed by atoms with Crippen LogP contribution < -0.4 is 4.72 Å². The molecule has 6 nitrogen and oxygen atoms in total. The maximum absolute atomic E-state index is 12.2. The number of carbonyl (C=O) groups excluding carboxylic acids is 1. The summed E-state index contributed by atoms with van der Waals surface area (Å²) in [5.41, 5.74) is 0.248. The number of aromatic amines is 1. The highest BCUT2D eigenvalue weighted by Gasteiger charge is 2.22. The lowest BCUT2D eigenvalue weighted by molar-refractivity contribution is 0.0528. The highest BCUT2D eigenvalue weighted by Crippen LogP contribution is 2.31. The number of anilines is 1. The van der Waals surface area contributed by atoms with E-state index in [0.29, 0.717) is 6.42 Å². The molecule has 0 radical (unpaired) electrons. The van der Waals surface area contributed by atoms with Crippen LogP contribution in [-0.2, 0) is 21.2 Å². The van der Waals surface area contributed by atoms with Crippen molar-refractivity contribution in [2.24, 2.45) is 0 Å². The zero-order valence-electron chi connectivity index (χ0n) is 11.7. The number of aromatic nitrogens is 1. The lowest BCUT2D eigenvalue weighted by atomic mass is 10.2. The van der Waals surface area contributed by atoms with Crippen LogP contribution in [0.3, 0.4) is 0 Å². The standard InChI is InChI=1S/C13H16N2O4S2/c1-3-9-7-11(13(16)19-4-2)12(20-9)15-21(17,18)10-5-6-14-8-10/h5-8,14-15H,3-4H2,1-2H3. The summed E-state index contributed by atoms with van der Waals surface area (Å²) in [6.45, 7) is 3.87. The van der Waals surface area contributed by atoms with Gasteiger partial charge in [0.2, 0.25) is 0 Å². The highest BCUT2D eigenvalue weighted by molar-refractivity contribution is 7.93. The first-order chi connectivity index (χ1) is 9.97. The first-order valence-corrected chi connectivity index (χ1v) is 8.73. The number of H-pyrrole nitrogens is 1. The number of hydrogen-bond acceptors (Lipinski definition) is 5. The van der Waals surface area contributed by atoms with Gasteiger partial charge in [0.05, 0.1) is 12.2 Å². The van der Waals surface area contributed by atoms with E-state index in [2.05, 4.69) is 9.71 Å². The second-order valence-corrected chi connectivity index (χ2v) is 7.00. The fourth-order valence-electron chi connectivity index (χ4n) is 1.71. The topological polar surface area (TPSA) is 88.3 Å². The number of sulfonamides is 1. The SMILES string of the molecule is CCOC(=O)c1cc(CC)sc1NS(=O)(=O)c1cc[nH]c1. The first kappa shape index (κ1) is 15.6. The molecule has 0 aliphatic heterocycles. The van der Waals surface area contributed by atoms with Crippen LogP contribution in [0.5, 0.6) is 0 Å². The molecule has 2 N–H and O–H groups in total. The lowest BCUT2D eigenvalue weighted by Crippen LogP contribution is -2.14. The van der Waals surface area contributed by atoms with Gasteiger partial charge in [-0.2, -0.15) is 0 Å². The first-order valence-electron chi connectivity index (χ1n) is 6.43. The Labute approximate surface area is 127 Å². The van der Waals surface area contributed by atoms with E-state index in [4.69, 9.17) is 4.74 Å². The maximum atomic E-state index is 12.2.